The van der Waals surface area contributed by atoms with Crippen molar-refractivity contribution in [2.45, 2.75) is 56.3 Å². The van der Waals surface area contributed by atoms with E-state index in [2.05, 4.69) is 5.32 Å². The molecule has 0 bridgehead atoms. The molecule has 1 aliphatic rings. The van der Waals surface area contributed by atoms with Crippen molar-refractivity contribution in [3.05, 3.63) is 29.8 Å². The van der Waals surface area contributed by atoms with Crippen molar-refractivity contribution in [1.82, 2.24) is 5.32 Å². The summed E-state index contributed by atoms with van der Waals surface area (Å²) in [5.41, 5.74) is 0.423. The number of unbranched alkanes of at least 4 members (excludes halogenated alkanes) is 2. The lowest BCUT2D eigenvalue weighted by atomic mass is 9.89. The van der Waals surface area contributed by atoms with Crippen LogP contribution in [0.5, 0.6) is 0 Å². The first-order valence-corrected chi connectivity index (χ1v) is 9.92. The second-order valence-electron chi connectivity index (χ2n) is 6.42. The summed E-state index contributed by atoms with van der Waals surface area (Å²) in [5, 5.41) is 12.8. The molecule has 0 atom stereocenters. The third-order valence-electron chi connectivity index (χ3n) is 4.53. The molecule has 23 heavy (non-hydrogen) atoms. The van der Waals surface area contributed by atoms with Crippen LogP contribution in [0, 0.1) is 5.92 Å². The van der Waals surface area contributed by atoms with E-state index in [0.29, 0.717) is 5.56 Å². The Morgan fingerprint density at radius 3 is 2.70 bits per heavy atom. The van der Waals surface area contributed by atoms with Crippen molar-refractivity contribution < 1.29 is 9.90 Å². The highest BCUT2D eigenvalue weighted by Crippen LogP contribution is 2.24. The number of thioether (sulfide) groups is 1. The second-order valence-corrected chi connectivity index (χ2v) is 7.56. The number of hydrogen-bond donors (Lipinski definition) is 2. The van der Waals surface area contributed by atoms with E-state index in [9.17, 15) is 4.79 Å². The molecule has 0 heterocycles. The molecule has 0 aromatic heterocycles. The van der Waals surface area contributed by atoms with Gasteiger partial charge in [-0.1, -0.05) is 37.8 Å². The van der Waals surface area contributed by atoms with Gasteiger partial charge in [-0.15, -0.1) is 11.8 Å². The lowest BCUT2D eigenvalue weighted by Gasteiger charge is -2.21. The SMILES string of the molecule is O=C(O)c1ccccc1SCCCCCNCC1CCCCC1. The van der Waals surface area contributed by atoms with Gasteiger partial charge in [-0.05, 0) is 62.6 Å². The van der Waals surface area contributed by atoms with Crippen LogP contribution < -0.4 is 5.32 Å². The van der Waals surface area contributed by atoms with Crippen LogP contribution in [-0.2, 0) is 0 Å². The molecule has 3 nitrogen and oxygen atoms in total. The fourth-order valence-corrected chi connectivity index (χ4v) is 4.23. The molecule has 2 rings (SSSR count). The molecule has 1 aromatic rings. The van der Waals surface area contributed by atoms with Crippen LogP contribution in [0.1, 0.15) is 61.7 Å². The van der Waals surface area contributed by atoms with Gasteiger partial charge in [-0.3, -0.25) is 0 Å². The van der Waals surface area contributed by atoms with Crippen LogP contribution in [0.15, 0.2) is 29.2 Å². The van der Waals surface area contributed by atoms with Gasteiger partial charge in [-0.25, -0.2) is 4.79 Å². The molecule has 0 radical (unpaired) electrons. The second kappa shape index (κ2) is 10.7. The predicted molar refractivity (Wildman–Crippen MR) is 97.4 cm³/mol. The van der Waals surface area contributed by atoms with Crippen molar-refractivity contribution >= 4 is 17.7 Å². The Labute approximate surface area is 144 Å². The molecule has 0 aliphatic heterocycles. The Balaban J connectivity index is 1.50. The van der Waals surface area contributed by atoms with Crippen molar-refractivity contribution in [1.29, 1.82) is 0 Å². The van der Waals surface area contributed by atoms with Gasteiger partial charge in [0.05, 0.1) is 5.56 Å². The Kier molecular flexibility index (Phi) is 8.54. The van der Waals surface area contributed by atoms with Crippen LogP contribution in [0.25, 0.3) is 0 Å². The predicted octanol–water partition coefficient (Wildman–Crippen LogP) is 4.82. The molecule has 0 amide bonds. The highest BCUT2D eigenvalue weighted by atomic mass is 32.2. The molecule has 1 aromatic carbocycles. The topological polar surface area (TPSA) is 49.3 Å². The number of nitrogens with one attached hydrogen (secondary N) is 1. The maximum absolute atomic E-state index is 11.1. The Hall–Kier alpha value is -1.00. The highest BCUT2D eigenvalue weighted by Gasteiger charge is 2.12. The fourth-order valence-electron chi connectivity index (χ4n) is 3.18. The van der Waals surface area contributed by atoms with E-state index in [1.165, 1.54) is 51.5 Å². The van der Waals surface area contributed by atoms with Crippen molar-refractivity contribution in [2.75, 3.05) is 18.8 Å². The normalized spacial score (nSPS) is 15.7. The summed E-state index contributed by atoms with van der Waals surface area (Å²) in [5.74, 6) is 1.07. The number of benzene rings is 1. The van der Waals surface area contributed by atoms with Crippen LogP contribution in [0.4, 0.5) is 0 Å². The van der Waals surface area contributed by atoms with Gasteiger partial charge < -0.3 is 10.4 Å². The molecule has 2 N–H and O–H groups in total. The molecule has 1 saturated carbocycles. The molecule has 1 aliphatic carbocycles. The van der Waals surface area contributed by atoms with Gasteiger partial charge in [0.25, 0.3) is 0 Å². The average Bonchev–Trinajstić information content (AvgIpc) is 2.58. The fraction of sp³-hybridized carbons (Fsp3) is 0.632. The summed E-state index contributed by atoms with van der Waals surface area (Å²) in [6, 6.07) is 7.27. The Bertz CT molecular complexity index is 472. The van der Waals surface area contributed by atoms with E-state index < -0.39 is 5.97 Å². The maximum atomic E-state index is 11.1. The lowest BCUT2D eigenvalue weighted by molar-refractivity contribution is 0.0693. The zero-order valence-corrected chi connectivity index (χ0v) is 14.7. The molecule has 1 fully saturated rings. The van der Waals surface area contributed by atoms with Crippen LogP contribution >= 0.6 is 11.8 Å². The first kappa shape index (κ1) is 18.3. The minimum absolute atomic E-state index is 0.423. The monoisotopic (exact) mass is 335 g/mol. The smallest absolute Gasteiger partial charge is 0.336 e. The van der Waals surface area contributed by atoms with Crippen molar-refractivity contribution in [2.24, 2.45) is 5.92 Å². The summed E-state index contributed by atoms with van der Waals surface area (Å²) >= 11 is 1.66. The summed E-state index contributed by atoms with van der Waals surface area (Å²) in [6.45, 7) is 2.31. The van der Waals surface area contributed by atoms with Gasteiger partial charge in [0.15, 0.2) is 0 Å². The quantitative estimate of drug-likeness (QED) is 0.475. The highest BCUT2D eigenvalue weighted by molar-refractivity contribution is 7.99. The van der Waals surface area contributed by atoms with E-state index in [1.54, 1.807) is 23.9 Å². The van der Waals surface area contributed by atoms with E-state index in [0.717, 1.165) is 29.5 Å². The third kappa shape index (κ3) is 6.96. The van der Waals surface area contributed by atoms with Gasteiger partial charge in [-0.2, -0.15) is 0 Å². The molecule has 0 spiro atoms. The van der Waals surface area contributed by atoms with Gasteiger partial charge in [0.1, 0.15) is 0 Å². The van der Waals surface area contributed by atoms with E-state index in [1.807, 2.05) is 12.1 Å². The van der Waals surface area contributed by atoms with E-state index >= 15 is 0 Å². The number of hydrogen-bond acceptors (Lipinski definition) is 3. The summed E-state index contributed by atoms with van der Waals surface area (Å²) in [6.07, 6.45) is 10.7. The first-order valence-electron chi connectivity index (χ1n) is 8.93. The molecular formula is C19H29NO2S. The molecular weight excluding hydrogens is 306 g/mol. The minimum atomic E-state index is -0.833. The third-order valence-corrected chi connectivity index (χ3v) is 5.69. The summed E-state index contributed by atoms with van der Waals surface area (Å²) in [4.78, 5) is 12.0. The van der Waals surface area contributed by atoms with E-state index in [-0.39, 0.29) is 0 Å². The average molecular weight is 336 g/mol. The molecule has 0 saturated heterocycles. The number of carbonyl (C=O) groups is 1. The minimum Gasteiger partial charge on any atom is -0.478 e. The zero-order valence-electron chi connectivity index (χ0n) is 13.9. The zero-order chi connectivity index (χ0) is 16.3. The standard InChI is InChI=1S/C19H29NO2S/c21-19(22)17-11-5-6-12-18(17)23-14-8-2-7-13-20-15-16-9-3-1-4-10-16/h5-6,11-12,16,20H,1-4,7-10,13-15H2,(H,21,22). The van der Waals surface area contributed by atoms with Crippen LogP contribution in [-0.4, -0.2) is 29.9 Å². The van der Waals surface area contributed by atoms with Gasteiger partial charge >= 0.3 is 5.97 Å². The molecule has 128 valence electrons. The van der Waals surface area contributed by atoms with Gasteiger partial charge in [0.2, 0.25) is 0 Å². The van der Waals surface area contributed by atoms with Crippen LogP contribution in [0.3, 0.4) is 0 Å². The number of carboxylic acids is 1. The molecule has 4 heteroatoms. The van der Waals surface area contributed by atoms with Crippen molar-refractivity contribution in [3.63, 3.8) is 0 Å². The summed E-state index contributed by atoms with van der Waals surface area (Å²) < 4.78 is 0. The molecule has 0 unspecified atom stereocenters. The Morgan fingerprint density at radius 1 is 1.13 bits per heavy atom. The first-order chi connectivity index (χ1) is 11.3. The largest absolute Gasteiger partial charge is 0.478 e. The van der Waals surface area contributed by atoms with Gasteiger partial charge in [0, 0.05) is 4.90 Å². The summed E-state index contributed by atoms with van der Waals surface area (Å²) in [7, 11) is 0. The number of aromatic carboxylic acids is 1. The Morgan fingerprint density at radius 2 is 1.91 bits per heavy atom. The van der Waals surface area contributed by atoms with Crippen molar-refractivity contribution in [3.8, 4) is 0 Å². The number of rotatable bonds is 10. The number of carboxylic acid groups (broad SMARTS) is 1. The van der Waals surface area contributed by atoms with E-state index in [4.69, 9.17) is 5.11 Å². The van der Waals surface area contributed by atoms with Crippen LogP contribution in [0.2, 0.25) is 0 Å². The maximum Gasteiger partial charge on any atom is 0.336 e. The lowest BCUT2D eigenvalue weighted by Crippen LogP contribution is -2.25.